The molecular weight excluding hydrogens is 352 g/mol. The Bertz CT molecular complexity index is 790. The lowest BCUT2D eigenvalue weighted by atomic mass is 10.4. The van der Waals surface area contributed by atoms with E-state index in [-0.39, 0.29) is 12.4 Å². The monoisotopic (exact) mass is 367 g/mol. The maximum Gasteiger partial charge on any atom is 0.476 e. The van der Waals surface area contributed by atoms with Gasteiger partial charge in [0.05, 0.1) is 19.0 Å². The summed E-state index contributed by atoms with van der Waals surface area (Å²) in [5, 5.41) is 0. The van der Waals surface area contributed by atoms with Crippen molar-refractivity contribution in [3.63, 3.8) is 0 Å². The summed E-state index contributed by atoms with van der Waals surface area (Å²) < 4.78 is 32.5. The number of nitrogens with zero attached hydrogens (tertiary/aromatic N) is 4. The smallest absolute Gasteiger partial charge is 0.382 e. The molecule has 14 heteroatoms. The first-order valence-corrected chi connectivity index (χ1v) is 9.48. The summed E-state index contributed by atoms with van der Waals surface area (Å²) in [7, 11) is -9.65. The summed E-state index contributed by atoms with van der Waals surface area (Å²) in [6, 6.07) is 0. The average Bonchev–Trinajstić information content (AvgIpc) is 2.79. The number of nitrogen functional groups attached to an aromatic ring is 1. The summed E-state index contributed by atoms with van der Waals surface area (Å²) in [6.45, 7) is 1.80. The standard InChI is InChI=1S/C9H15N5O7P2/c1-6(20-5-22(15,16)21-23(17,18)19)2-14-4-13-7-8(10)11-3-12-9(7)14/h3-4,6H,2,5H2,1H3,(H,15,16)(H2,10,11,12)(H2,17,18,19). The van der Waals surface area contributed by atoms with Gasteiger partial charge in [-0.1, -0.05) is 0 Å². The highest BCUT2D eigenvalue weighted by atomic mass is 31.3. The van der Waals surface area contributed by atoms with Crippen LogP contribution in [0.4, 0.5) is 5.82 Å². The van der Waals surface area contributed by atoms with Gasteiger partial charge < -0.3 is 29.7 Å². The van der Waals surface area contributed by atoms with Crippen molar-refractivity contribution in [3.05, 3.63) is 12.7 Å². The van der Waals surface area contributed by atoms with Crippen molar-refractivity contribution in [1.82, 2.24) is 19.5 Å². The van der Waals surface area contributed by atoms with Gasteiger partial charge in [-0.05, 0) is 6.92 Å². The molecule has 0 fully saturated rings. The number of ether oxygens (including phenoxy) is 1. The third kappa shape index (κ3) is 5.05. The highest BCUT2D eigenvalue weighted by Gasteiger charge is 2.31. The lowest BCUT2D eigenvalue weighted by Crippen LogP contribution is -2.17. The normalized spacial score (nSPS) is 16.3. The van der Waals surface area contributed by atoms with E-state index in [2.05, 4.69) is 19.3 Å². The molecule has 23 heavy (non-hydrogen) atoms. The van der Waals surface area contributed by atoms with Crippen molar-refractivity contribution < 1.29 is 32.9 Å². The van der Waals surface area contributed by atoms with Crippen LogP contribution in [0.1, 0.15) is 6.92 Å². The molecule has 2 rings (SSSR count). The fraction of sp³-hybridized carbons (Fsp3) is 0.444. The molecule has 2 aromatic heterocycles. The molecule has 0 radical (unpaired) electrons. The molecular formula is C9H15N5O7P2. The Hall–Kier alpha value is -1.39. The maximum absolute atomic E-state index is 11.5. The number of rotatable bonds is 7. The number of hydrogen-bond donors (Lipinski definition) is 4. The van der Waals surface area contributed by atoms with E-state index < -0.39 is 27.9 Å². The van der Waals surface area contributed by atoms with Gasteiger partial charge in [0.1, 0.15) is 18.2 Å². The lowest BCUT2D eigenvalue weighted by molar-refractivity contribution is 0.0758. The van der Waals surface area contributed by atoms with Crippen LogP contribution in [-0.4, -0.2) is 46.7 Å². The molecule has 0 bridgehead atoms. The van der Waals surface area contributed by atoms with Crippen molar-refractivity contribution >= 4 is 32.4 Å². The Morgan fingerprint density at radius 3 is 2.65 bits per heavy atom. The lowest BCUT2D eigenvalue weighted by Gasteiger charge is -2.17. The fourth-order valence-corrected chi connectivity index (χ4v) is 3.73. The first-order valence-electron chi connectivity index (χ1n) is 6.19. The highest BCUT2D eigenvalue weighted by Crippen LogP contribution is 2.56. The Labute approximate surface area is 130 Å². The van der Waals surface area contributed by atoms with Crippen LogP contribution in [0.5, 0.6) is 0 Å². The van der Waals surface area contributed by atoms with Gasteiger partial charge in [0, 0.05) is 0 Å². The number of fused-ring (bicyclic) bond motifs is 1. The zero-order valence-electron chi connectivity index (χ0n) is 11.9. The van der Waals surface area contributed by atoms with Crippen molar-refractivity contribution in [2.24, 2.45) is 0 Å². The van der Waals surface area contributed by atoms with Gasteiger partial charge in [-0.2, -0.15) is 0 Å². The zero-order chi connectivity index (χ0) is 17.3. The minimum absolute atomic E-state index is 0.211. The number of aromatic nitrogens is 4. The third-order valence-corrected chi connectivity index (χ3v) is 4.99. The Morgan fingerprint density at radius 2 is 2.00 bits per heavy atom. The second-order valence-electron chi connectivity index (χ2n) is 4.64. The van der Waals surface area contributed by atoms with Crippen LogP contribution in [0.2, 0.25) is 0 Å². The van der Waals surface area contributed by atoms with Gasteiger partial charge in [0.25, 0.3) is 0 Å². The number of nitrogens with two attached hydrogens (primary N) is 1. The fourth-order valence-electron chi connectivity index (χ4n) is 1.77. The van der Waals surface area contributed by atoms with Crippen LogP contribution in [0, 0.1) is 0 Å². The van der Waals surface area contributed by atoms with Crippen LogP contribution in [0.25, 0.3) is 11.2 Å². The van der Waals surface area contributed by atoms with Crippen molar-refractivity contribution in [1.29, 1.82) is 0 Å². The van der Waals surface area contributed by atoms with Gasteiger partial charge in [-0.15, -0.1) is 0 Å². The van der Waals surface area contributed by atoms with Crippen LogP contribution in [0.3, 0.4) is 0 Å². The first kappa shape index (κ1) is 18.0. The van der Waals surface area contributed by atoms with Crippen molar-refractivity contribution in [2.45, 2.75) is 19.6 Å². The molecule has 0 aliphatic rings. The molecule has 0 saturated heterocycles. The predicted molar refractivity (Wildman–Crippen MR) is 78.1 cm³/mol. The van der Waals surface area contributed by atoms with E-state index in [9.17, 15) is 14.0 Å². The predicted octanol–water partition coefficient (Wildman–Crippen LogP) is 0.0658. The van der Waals surface area contributed by atoms with Gasteiger partial charge in [0.15, 0.2) is 11.5 Å². The first-order chi connectivity index (χ1) is 10.6. The largest absolute Gasteiger partial charge is 0.476 e. The van der Waals surface area contributed by atoms with E-state index in [1.807, 2.05) is 0 Å². The SMILES string of the molecule is CC(Cn1cnc2c(N)ncnc21)OCP(=O)(O)OP(=O)(O)O. The van der Waals surface area contributed by atoms with Crippen LogP contribution in [-0.2, 0) is 24.7 Å². The van der Waals surface area contributed by atoms with Crippen molar-refractivity contribution in [3.8, 4) is 0 Å². The quantitative estimate of drug-likeness (QED) is 0.485. The van der Waals surface area contributed by atoms with Gasteiger partial charge in [-0.3, -0.25) is 4.57 Å². The molecule has 0 spiro atoms. The summed E-state index contributed by atoms with van der Waals surface area (Å²) in [6.07, 6.45) is 1.27. The molecule has 0 aromatic carbocycles. The maximum atomic E-state index is 11.5. The molecule has 0 saturated carbocycles. The third-order valence-electron chi connectivity index (χ3n) is 2.64. The molecule has 12 nitrogen and oxygen atoms in total. The summed E-state index contributed by atoms with van der Waals surface area (Å²) in [4.78, 5) is 38.2. The molecule has 0 aliphatic carbocycles. The molecule has 2 atom stereocenters. The summed E-state index contributed by atoms with van der Waals surface area (Å²) in [5.74, 6) is 0.220. The second kappa shape index (κ2) is 6.62. The average molecular weight is 367 g/mol. The van der Waals surface area contributed by atoms with Crippen LogP contribution >= 0.6 is 15.4 Å². The second-order valence-corrected chi connectivity index (χ2v) is 7.81. The Kier molecular flexibility index (Phi) is 5.17. The van der Waals surface area contributed by atoms with E-state index in [0.29, 0.717) is 11.2 Å². The molecule has 2 unspecified atom stereocenters. The van der Waals surface area contributed by atoms with E-state index >= 15 is 0 Å². The molecule has 2 heterocycles. The van der Waals surface area contributed by atoms with E-state index in [1.54, 1.807) is 11.5 Å². The summed E-state index contributed by atoms with van der Waals surface area (Å²) in [5.41, 5.74) is 6.54. The molecule has 5 N–H and O–H groups in total. The minimum Gasteiger partial charge on any atom is -0.382 e. The number of hydrogen-bond acceptors (Lipinski definition) is 8. The molecule has 2 aromatic rings. The van der Waals surface area contributed by atoms with Gasteiger partial charge in [-0.25, -0.2) is 23.8 Å². The zero-order valence-corrected chi connectivity index (χ0v) is 13.7. The number of anilines is 1. The van der Waals surface area contributed by atoms with E-state index in [4.69, 9.17) is 20.3 Å². The van der Waals surface area contributed by atoms with Crippen LogP contribution in [0.15, 0.2) is 12.7 Å². The van der Waals surface area contributed by atoms with Gasteiger partial charge in [0.2, 0.25) is 0 Å². The molecule has 0 aliphatic heterocycles. The number of phosphoric acid groups is 1. The highest BCUT2D eigenvalue weighted by molar-refractivity contribution is 7.63. The van der Waals surface area contributed by atoms with E-state index in [0.717, 1.165) is 0 Å². The number of imidazole rings is 1. The molecule has 0 amide bonds. The Morgan fingerprint density at radius 1 is 1.30 bits per heavy atom. The molecule has 128 valence electrons. The Balaban J connectivity index is 1.99. The van der Waals surface area contributed by atoms with Crippen LogP contribution < -0.4 is 5.73 Å². The topological polar surface area (TPSA) is 183 Å². The van der Waals surface area contributed by atoms with E-state index in [1.165, 1.54) is 12.7 Å². The van der Waals surface area contributed by atoms with Gasteiger partial charge >= 0.3 is 15.4 Å². The minimum atomic E-state index is -5.08. The van der Waals surface area contributed by atoms with Crippen molar-refractivity contribution in [2.75, 3.05) is 12.1 Å². The summed E-state index contributed by atoms with van der Waals surface area (Å²) >= 11 is 0.